The predicted octanol–water partition coefficient (Wildman–Crippen LogP) is 3.12. The summed E-state index contributed by atoms with van der Waals surface area (Å²) >= 11 is 6.10. The number of amides is 1. The van der Waals surface area contributed by atoms with Gasteiger partial charge >= 0.3 is 0 Å². The lowest BCUT2D eigenvalue weighted by Crippen LogP contribution is -2.32. The van der Waals surface area contributed by atoms with Crippen LogP contribution in [0.4, 0.5) is 0 Å². The lowest BCUT2D eigenvalue weighted by Gasteiger charge is -2.25. The SMILES string of the molecule is COc1ccc(Cl)cc1C(O)=C1C(=O)C(=O)N(CCCN(C)C)C1c1cccnc1. The molecular formula is C22H24ClN3O4. The second kappa shape index (κ2) is 9.28. The van der Waals surface area contributed by atoms with E-state index in [1.165, 1.54) is 18.1 Å². The Morgan fingerprint density at radius 3 is 2.70 bits per heavy atom. The maximum Gasteiger partial charge on any atom is 0.295 e. The highest BCUT2D eigenvalue weighted by Crippen LogP contribution is 2.41. The number of ether oxygens (including phenoxy) is 1. The topological polar surface area (TPSA) is 83.0 Å². The fourth-order valence-corrected chi connectivity index (χ4v) is 3.73. The summed E-state index contributed by atoms with van der Waals surface area (Å²) in [6.45, 7) is 1.12. The minimum absolute atomic E-state index is 0.00146. The fraction of sp³-hybridized carbons (Fsp3) is 0.318. The highest BCUT2D eigenvalue weighted by molar-refractivity contribution is 6.46. The van der Waals surface area contributed by atoms with Gasteiger partial charge in [0.15, 0.2) is 0 Å². The zero-order chi connectivity index (χ0) is 21.8. The maximum atomic E-state index is 13.0. The number of pyridine rings is 1. The Morgan fingerprint density at radius 2 is 2.07 bits per heavy atom. The predicted molar refractivity (Wildman–Crippen MR) is 114 cm³/mol. The number of ketones is 1. The summed E-state index contributed by atoms with van der Waals surface area (Å²) in [5, 5.41) is 11.5. The Kier molecular flexibility index (Phi) is 6.74. The van der Waals surface area contributed by atoms with E-state index in [1.54, 1.807) is 36.7 Å². The quantitative estimate of drug-likeness (QED) is 0.413. The van der Waals surface area contributed by atoms with E-state index in [0.29, 0.717) is 29.3 Å². The molecule has 0 bridgehead atoms. The number of likely N-dealkylation sites (tertiary alicyclic amines) is 1. The van der Waals surface area contributed by atoms with E-state index in [2.05, 4.69) is 4.98 Å². The summed E-state index contributed by atoms with van der Waals surface area (Å²) in [7, 11) is 5.34. The molecule has 8 heteroatoms. The van der Waals surface area contributed by atoms with E-state index < -0.39 is 17.7 Å². The van der Waals surface area contributed by atoms with Gasteiger partial charge in [-0.25, -0.2) is 0 Å². The van der Waals surface area contributed by atoms with Crippen LogP contribution >= 0.6 is 11.6 Å². The number of Topliss-reactive ketones (excluding diaryl/α,β-unsaturated/α-hetero) is 1. The van der Waals surface area contributed by atoms with Crippen LogP contribution in [0.15, 0.2) is 48.3 Å². The van der Waals surface area contributed by atoms with Crippen LogP contribution in [0.2, 0.25) is 5.02 Å². The van der Waals surface area contributed by atoms with Gasteiger partial charge in [-0.15, -0.1) is 0 Å². The van der Waals surface area contributed by atoms with Gasteiger partial charge in [-0.1, -0.05) is 17.7 Å². The monoisotopic (exact) mass is 429 g/mol. The number of nitrogens with zero attached hydrogens (tertiary/aromatic N) is 3. The number of methoxy groups -OCH3 is 1. The van der Waals surface area contributed by atoms with Crippen LogP contribution in [-0.2, 0) is 9.59 Å². The maximum absolute atomic E-state index is 13.0. The molecule has 1 fully saturated rings. The molecule has 1 N–H and O–H groups in total. The number of aromatic nitrogens is 1. The molecule has 30 heavy (non-hydrogen) atoms. The van der Waals surface area contributed by atoms with Gasteiger partial charge in [0.25, 0.3) is 11.7 Å². The number of halogens is 1. The van der Waals surface area contributed by atoms with Crippen LogP contribution in [0.3, 0.4) is 0 Å². The van der Waals surface area contributed by atoms with Crippen molar-refractivity contribution in [2.75, 3.05) is 34.3 Å². The Labute approximate surface area is 180 Å². The molecule has 1 amide bonds. The number of rotatable bonds is 7. The molecule has 7 nitrogen and oxygen atoms in total. The highest BCUT2D eigenvalue weighted by atomic mass is 35.5. The standard InChI is InChI=1S/C22H24ClN3O4/c1-25(2)10-5-11-26-19(14-6-4-9-24-13-14)18(21(28)22(26)29)20(27)16-12-15(23)7-8-17(16)30-3/h4,6-9,12-13,19,27H,5,10-11H2,1-3H3. The summed E-state index contributed by atoms with van der Waals surface area (Å²) in [5.74, 6) is -1.37. The molecule has 1 atom stereocenters. The Bertz CT molecular complexity index is 976. The number of aliphatic hydroxyl groups excluding tert-OH is 1. The van der Waals surface area contributed by atoms with E-state index in [0.717, 1.165) is 6.54 Å². The molecule has 1 unspecified atom stereocenters. The molecule has 1 saturated heterocycles. The molecule has 1 aliphatic heterocycles. The fourth-order valence-electron chi connectivity index (χ4n) is 3.56. The van der Waals surface area contributed by atoms with Gasteiger partial charge in [-0.3, -0.25) is 14.6 Å². The van der Waals surface area contributed by atoms with Crippen LogP contribution in [-0.4, -0.2) is 65.9 Å². The third-order valence-electron chi connectivity index (χ3n) is 4.96. The number of hydrogen-bond acceptors (Lipinski definition) is 6. The molecular weight excluding hydrogens is 406 g/mol. The largest absolute Gasteiger partial charge is 0.507 e. The molecule has 3 rings (SSSR count). The van der Waals surface area contributed by atoms with Crippen molar-refractivity contribution in [1.29, 1.82) is 0 Å². The van der Waals surface area contributed by atoms with Crippen LogP contribution in [0.1, 0.15) is 23.6 Å². The van der Waals surface area contributed by atoms with Gasteiger partial charge in [-0.2, -0.15) is 0 Å². The van der Waals surface area contributed by atoms with E-state index in [4.69, 9.17) is 16.3 Å². The number of carbonyl (C=O) groups excluding carboxylic acids is 2. The summed E-state index contributed by atoms with van der Waals surface area (Å²) in [5.41, 5.74) is 0.896. The summed E-state index contributed by atoms with van der Waals surface area (Å²) in [6.07, 6.45) is 3.89. The van der Waals surface area contributed by atoms with Crippen molar-refractivity contribution in [2.45, 2.75) is 12.5 Å². The van der Waals surface area contributed by atoms with E-state index in [1.807, 2.05) is 19.0 Å². The zero-order valence-electron chi connectivity index (χ0n) is 17.1. The summed E-state index contributed by atoms with van der Waals surface area (Å²) < 4.78 is 5.32. The van der Waals surface area contributed by atoms with Gasteiger partial charge in [-0.05, 0) is 56.9 Å². The minimum Gasteiger partial charge on any atom is -0.507 e. The lowest BCUT2D eigenvalue weighted by atomic mass is 9.96. The Morgan fingerprint density at radius 1 is 1.30 bits per heavy atom. The summed E-state index contributed by atoms with van der Waals surface area (Å²) in [6, 6.07) is 7.50. The number of carbonyl (C=O) groups is 2. The van der Waals surface area contributed by atoms with Gasteiger partial charge in [0.05, 0.1) is 24.3 Å². The minimum atomic E-state index is -0.746. The molecule has 0 radical (unpaired) electrons. The zero-order valence-corrected chi connectivity index (χ0v) is 17.9. The van der Waals surface area contributed by atoms with Crippen LogP contribution in [0.5, 0.6) is 5.75 Å². The third-order valence-corrected chi connectivity index (χ3v) is 5.20. The van der Waals surface area contributed by atoms with E-state index in [9.17, 15) is 14.7 Å². The highest BCUT2D eigenvalue weighted by Gasteiger charge is 2.46. The van der Waals surface area contributed by atoms with Gasteiger partial charge in [0.1, 0.15) is 11.5 Å². The van der Waals surface area contributed by atoms with Crippen LogP contribution < -0.4 is 4.74 Å². The first-order valence-electron chi connectivity index (χ1n) is 9.52. The first-order valence-corrected chi connectivity index (χ1v) is 9.90. The summed E-state index contributed by atoms with van der Waals surface area (Å²) in [4.78, 5) is 33.5. The first-order chi connectivity index (χ1) is 14.3. The van der Waals surface area contributed by atoms with Crippen LogP contribution in [0.25, 0.3) is 5.76 Å². The third kappa shape index (κ3) is 4.32. The second-order valence-electron chi connectivity index (χ2n) is 7.28. The molecule has 0 saturated carbocycles. The average molecular weight is 430 g/mol. The first kappa shape index (κ1) is 21.8. The average Bonchev–Trinajstić information content (AvgIpc) is 2.98. The lowest BCUT2D eigenvalue weighted by molar-refractivity contribution is -0.139. The smallest absolute Gasteiger partial charge is 0.295 e. The van der Waals surface area contributed by atoms with E-state index >= 15 is 0 Å². The molecule has 1 aromatic heterocycles. The second-order valence-corrected chi connectivity index (χ2v) is 7.72. The number of benzene rings is 1. The number of hydrogen-bond donors (Lipinski definition) is 1. The normalized spacial score (nSPS) is 18.3. The van der Waals surface area contributed by atoms with Gasteiger partial charge in [0.2, 0.25) is 0 Å². The van der Waals surface area contributed by atoms with Crippen molar-refractivity contribution in [3.8, 4) is 5.75 Å². The molecule has 0 spiro atoms. The van der Waals surface area contributed by atoms with Crippen molar-refractivity contribution in [3.63, 3.8) is 0 Å². The molecule has 158 valence electrons. The molecule has 2 heterocycles. The molecule has 2 aromatic rings. The van der Waals surface area contributed by atoms with Crippen molar-refractivity contribution in [1.82, 2.24) is 14.8 Å². The molecule has 1 aromatic carbocycles. The molecule has 1 aliphatic rings. The van der Waals surface area contributed by atoms with Gasteiger partial charge in [0, 0.05) is 24.0 Å². The molecule has 0 aliphatic carbocycles. The van der Waals surface area contributed by atoms with Crippen molar-refractivity contribution in [3.05, 3.63) is 64.4 Å². The van der Waals surface area contributed by atoms with Crippen molar-refractivity contribution < 1.29 is 19.4 Å². The Hall–Kier alpha value is -2.90. The van der Waals surface area contributed by atoms with Crippen LogP contribution in [0, 0.1) is 0 Å². The van der Waals surface area contributed by atoms with Crippen molar-refractivity contribution >= 4 is 29.1 Å². The Balaban J connectivity index is 2.13. The number of aliphatic hydroxyl groups is 1. The van der Waals surface area contributed by atoms with E-state index in [-0.39, 0.29) is 16.9 Å². The van der Waals surface area contributed by atoms with Crippen molar-refractivity contribution in [2.24, 2.45) is 0 Å². The van der Waals surface area contributed by atoms with Gasteiger partial charge < -0.3 is 19.6 Å².